The number of hydrogen-bond donors (Lipinski definition) is 2. The Balaban J connectivity index is 1.55. The van der Waals surface area contributed by atoms with Crippen molar-refractivity contribution in [1.29, 1.82) is 0 Å². The molecule has 0 spiro atoms. The van der Waals surface area contributed by atoms with Crippen molar-refractivity contribution in [3.63, 3.8) is 0 Å². The summed E-state index contributed by atoms with van der Waals surface area (Å²) in [6, 6.07) is 16.2. The van der Waals surface area contributed by atoms with E-state index in [-0.39, 0.29) is 12.5 Å². The van der Waals surface area contributed by atoms with E-state index >= 15 is 0 Å². The number of benzene rings is 2. The number of fused-ring (bicyclic) bond motifs is 4. The van der Waals surface area contributed by atoms with Crippen LogP contribution in [0.25, 0.3) is 11.1 Å². The standard InChI is InChI=1S/C23H25NO5/c1-23(2)28-20-18(24(22(26)27)12-19(25)21(20)29-23)11-17-15-9-5-3-7-13(15)14-8-4-6-10-16(14)17/h3-10,17-21,25H,11-12H2,1-2H3,(H,26,27)/t18?,19-,20+,21-/m1/s1. The van der Waals surface area contributed by atoms with Gasteiger partial charge < -0.3 is 19.7 Å². The van der Waals surface area contributed by atoms with E-state index in [0.717, 1.165) is 0 Å². The molecule has 6 nitrogen and oxygen atoms in total. The lowest BCUT2D eigenvalue weighted by Gasteiger charge is -2.43. The number of carboxylic acid groups (broad SMARTS) is 1. The summed E-state index contributed by atoms with van der Waals surface area (Å²) >= 11 is 0. The van der Waals surface area contributed by atoms with Crippen LogP contribution in [0.5, 0.6) is 0 Å². The van der Waals surface area contributed by atoms with Gasteiger partial charge in [-0.3, -0.25) is 4.90 Å². The summed E-state index contributed by atoms with van der Waals surface area (Å²) in [6.45, 7) is 3.64. The molecule has 6 heteroatoms. The third-order valence-corrected chi connectivity index (χ3v) is 6.39. The van der Waals surface area contributed by atoms with Crippen LogP contribution < -0.4 is 0 Å². The first-order chi connectivity index (χ1) is 13.9. The van der Waals surface area contributed by atoms with E-state index in [1.165, 1.54) is 27.2 Å². The van der Waals surface area contributed by atoms with Gasteiger partial charge in [0.25, 0.3) is 0 Å². The zero-order chi connectivity index (χ0) is 20.3. The maximum absolute atomic E-state index is 12.0. The number of likely N-dealkylation sites (tertiary alicyclic amines) is 1. The second-order valence-corrected chi connectivity index (χ2v) is 8.60. The molecule has 5 rings (SSSR count). The molecule has 2 N–H and O–H groups in total. The van der Waals surface area contributed by atoms with Gasteiger partial charge in [-0.05, 0) is 42.5 Å². The van der Waals surface area contributed by atoms with Gasteiger partial charge in [0, 0.05) is 5.92 Å². The number of piperidine rings is 1. The van der Waals surface area contributed by atoms with Crippen LogP contribution >= 0.6 is 0 Å². The van der Waals surface area contributed by atoms with Crippen LogP contribution in [0.3, 0.4) is 0 Å². The fourth-order valence-corrected chi connectivity index (χ4v) is 5.27. The van der Waals surface area contributed by atoms with Crippen LogP contribution in [0, 0.1) is 0 Å². The summed E-state index contributed by atoms with van der Waals surface area (Å²) in [6.07, 6.45) is -2.41. The normalized spacial score (nSPS) is 30.0. The van der Waals surface area contributed by atoms with E-state index in [9.17, 15) is 15.0 Å². The van der Waals surface area contributed by atoms with Gasteiger partial charge in [-0.2, -0.15) is 0 Å². The van der Waals surface area contributed by atoms with Crippen molar-refractivity contribution in [1.82, 2.24) is 4.90 Å². The highest BCUT2D eigenvalue weighted by Gasteiger charge is 2.55. The summed E-state index contributed by atoms with van der Waals surface area (Å²) in [7, 11) is 0. The molecule has 3 aliphatic rings. The van der Waals surface area contributed by atoms with Crippen LogP contribution in [0.4, 0.5) is 4.79 Å². The number of β-amino-alcohol motifs (C(OH)–C–C–N with tert-alkyl or cyclic N) is 1. The van der Waals surface area contributed by atoms with E-state index < -0.39 is 36.2 Å². The first-order valence-corrected chi connectivity index (χ1v) is 10.1. The van der Waals surface area contributed by atoms with E-state index in [1.807, 2.05) is 24.3 Å². The Morgan fingerprint density at radius 3 is 2.17 bits per heavy atom. The zero-order valence-corrected chi connectivity index (χ0v) is 16.5. The molecule has 0 bridgehead atoms. The SMILES string of the molecule is CC1(C)O[C@@H]2[C@H](O)CN(C(=O)O)C(CC3c4ccccc4-c4ccccc43)[C@@H]2O1. The van der Waals surface area contributed by atoms with Crippen molar-refractivity contribution in [3.05, 3.63) is 59.7 Å². The van der Waals surface area contributed by atoms with Crippen molar-refractivity contribution in [2.75, 3.05) is 6.54 Å². The van der Waals surface area contributed by atoms with Crippen molar-refractivity contribution in [2.24, 2.45) is 0 Å². The molecule has 2 aromatic rings. The van der Waals surface area contributed by atoms with Gasteiger partial charge in [0.05, 0.1) is 12.6 Å². The summed E-state index contributed by atoms with van der Waals surface area (Å²) in [4.78, 5) is 13.4. The summed E-state index contributed by atoms with van der Waals surface area (Å²) < 4.78 is 12.1. The highest BCUT2D eigenvalue weighted by atomic mass is 16.8. The molecule has 2 saturated heterocycles. The number of amides is 1. The van der Waals surface area contributed by atoms with E-state index in [1.54, 1.807) is 13.8 Å². The minimum atomic E-state index is -1.04. The molecule has 29 heavy (non-hydrogen) atoms. The first-order valence-electron chi connectivity index (χ1n) is 10.1. The Bertz CT molecular complexity index is 912. The van der Waals surface area contributed by atoms with Crippen molar-refractivity contribution in [2.45, 2.75) is 56.3 Å². The largest absolute Gasteiger partial charge is 0.465 e. The number of hydrogen-bond acceptors (Lipinski definition) is 4. The lowest BCUT2D eigenvalue weighted by atomic mass is 9.83. The molecule has 0 aromatic heterocycles. The topological polar surface area (TPSA) is 79.2 Å². The highest BCUT2D eigenvalue weighted by molar-refractivity contribution is 5.78. The van der Waals surface area contributed by atoms with Crippen molar-refractivity contribution in [3.8, 4) is 11.1 Å². The van der Waals surface area contributed by atoms with Gasteiger partial charge in [0.2, 0.25) is 0 Å². The number of rotatable bonds is 2. The Kier molecular flexibility index (Phi) is 4.21. The molecule has 1 amide bonds. The molecule has 152 valence electrons. The molecule has 1 aliphatic carbocycles. The highest BCUT2D eigenvalue weighted by Crippen LogP contribution is 2.49. The first kappa shape index (κ1) is 18.6. The second-order valence-electron chi connectivity index (χ2n) is 8.60. The smallest absolute Gasteiger partial charge is 0.407 e. The van der Waals surface area contributed by atoms with Crippen molar-refractivity contribution < 1.29 is 24.5 Å². The van der Waals surface area contributed by atoms with Gasteiger partial charge in [0.1, 0.15) is 18.3 Å². The summed E-state index contributed by atoms with van der Waals surface area (Å²) in [5.74, 6) is -0.786. The molecule has 4 atom stereocenters. The molecular formula is C23H25NO5. The van der Waals surface area contributed by atoms with Crippen LogP contribution in [0.15, 0.2) is 48.5 Å². The Morgan fingerprint density at radius 2 is 1.59 bits per heavy atom. The van der Waals surface area contributed by atoms with Gasteiger partial charge in [0.15, 0.2) is 5.79 Å². The maximum atomic E-state index is 12.0. The molecule has 0 radical (unpaired) electrons. The maximum Gasteiger partial charge on any atom is 0.407 e. The van der Waals surface area contributed by atoms with E-state index in [4.69, 9.17) is 9.47 Å². The van der Waals surface area contributed by atoms with Gasteiger partial charge in [-0.15, -0.1) is 0 Å². The average molecular weight is 395 g/mol. The number of nitrogens with zero attached hydrogens (tertiary/aromatic N) is 1. The third-order valence-electron chi connectivity index (χ3n) is 6.39. The molecule has 2 aliphatic heterocycles. The second kappa shape index (κ2) is 6.55. The van der Waals surface area contributed by atoms with Gasteiger partial charge in [-0.1, -0.05) is 48.5 Å². The van der Waals surface area contributed by atoms with Crippen LogP contribution in [-0.2, 0) is 9.47 Å². The minimum Gasteiger partial charge on any atom is -0.465 e. The van der Waals surface area contributed by atoms with E-state index in [0.29, 0.717) is 6.42 Å². The molecule has 0 saturated carbocycles. The fourth-order valence-electron chi connectivity index (χ4n) is 5.27. The predicted octanol–water partition coefficient (Wildman–Crippen LogP) is 3.43. The lowest BCUT2D eigenvalue weighted by molar-refractivity contribution is -0.153. The Labute approximate surface area is 169 Å². The number of ether oxygens (including phenoxy) is 2. The van der Waals surface area contributed by atoms with E-state index in [2.05, 4.69) is 24.3 Å². The van der Waals surface area contributed by atoms with Crippen LogP contribution in [0.2, 0.25) is 0 Å². The molecule has 2 heterocycles. The molecule has 1 unspecified atom stereocenters. The summed E-state index contributed by atoms with van der Waals surface area (Å²) in [5, 5.41) is 20.4. The quantitative estimate of drug-likeness (QED) is 0.814. The number of carbonyl (C=O) groups is 1. The van der Waals surface area contributed by atoms with Crippen LogP contribution in [-0.4, -0.2) is 57.9 Å². The zero-order valence-electron chi connectivity index (χ0n) is 16.5. The Morgan fingerprint density at radius 1 is 1.03 bits per heavy atom. The molecular weight excluding hydrogens is 370 g/mol. The van der Waals surface area contributed by atoms with Gasteiger partial charge in [-0.25, -0.2) is 4.79 Å². The predicted molar refractivity (Wildman–Crippen MR) is 107 cm³/mol. The van der Waals surface area contributed by atoms with Crippen LogP contribution in [0.1, 0.15) is 37.3 Å². The fraction of sp³-hybridized carbons (Fsp3) is 0.435. The molecule has 2 aromatic carbocycles. The lowest BCUT2D eigenvalue weighted by Crippen LogP contribution is -2.61. The third kappa shape index (κ3) is 2.94. The Hall–Kier alpha value is -2.41. The molecule has 2 fully saturated rings. The monoisotopic (exact) mass is 395 g/mol. The number of aliphatic hydroxyl groups excluding tert-OH is 1. The van der Waals surface area contributed by atoms with Gasteiger partial charge >= 0.3 is 6.09 Å². The summed E-state index contributed by atoms with van der Waals surface area (Å²) in [5.41, 5.74) is 4.82. The minimum absolute atomic E-state index is 0.0244. The average Bonchev–Trinajstić information content (AvgIpc) is 3.19. The van der Waals surface area contributed by atoms with Crippen molar-refractivity contribution >= 4 is 6.09 Å². The number of aliphatic hydroxyl groups is 1.